The molecular formula is C43H36Br2ClFN4O7. The van der Waals surface area contributed by atoms with Gasteiger partial charge in [-0.1, -0.05) is 35.4 Å². The number of phenolic OH excluding ortho intramolecular Hbond substituents is 1. The number of nitrogens with zero attached hydrogens (tertiary/aromatic N) is 3. The molecule has 4 amide bonds. The maximum Gasteiger partial charge on any atom is 0.260 e. The Morgan fingerprint density at radius 1 is 0.879 bits per heavy atom. The molecule has 5 aliphatic rings. The minimum Gasteiger partial charge on any atom is -0.503 e. The Hall–Kier alpha value is -4.76. The van der Waals surface area contributed by atoms with Crippen molar-refractivity contribution in [1.29, 1.82) is 0 Å². The maximum absolute atomic E-state index is 15.5. The molecule has 6 unspecified atom stereocenters. The van der Waals surface area contributed by atoms with Crippen LogP contribution in [-0.4, -0.2) is 67.2 Å². The first-order valence-corrected chi connectivity index (χ1v) is 20.8. The number of anilines is 3. The Bertz CT molecular complexity index is 2390. The Morgan fingerprint density at radius 2 is 1.55 bits per heavy atom. The molecule has 58 heavy (non-hydrogen) atoms. The van der Waals surface area contributed by atoms with Crippen molar-refractivity contribution in [3.05, 3.63) is 121 Å². The first kappa shape index (κ1) is 38.7. The average molecular weight is 935 g/mol. The van der Waals surface area contributed by atoms with Gasteiger partial charge < -0.3 is 19.5 Å². The maximum atomic E-state index is 15.5. The Labute approximate surface area is 354 Å². The largest absolute Gasteiger partial charge is 0.503 e. The summed E-state index contributed by atoms with van der Waals surface area (Å²) in [5.74, 6) is -6.54. The summed E-state index contributed by atoms with van der Waals surface area (Å²) < 4.78 is 25.8. The van der Waals surface area contributed by atoms with Gasteiger partial charge in [-0.25, -0.2) is 4.39 Å². The number of nitrogens with one attached hydrogen (secondary N) is 1. The highest BCUT2D eigenvalue weighted by Gasteiger charge is 2.70. The molecule has 4 aromatic carbocycles. The summed E-state index contributed by atoms with van der Waals surface area (Å²) in [7, 11) is 1.41. The van der Waals surface area contributed by atoms with E-state index < -0.39 is 52.6 Å². The minimum absolute atomic E-state index is 0.0646. The lowest BCUT2D eigenvalue weighted by atomic mass is 9.49. The van der Waals surface area contributed by atoms with Gasteiger partial charge in [0.05, 0.1) is 59.3 Å². The molecule has 11 nitrogen and oxygen atoms in total. The highest BCUT2D eigenvalue weighted by atomic mass is 79.9. The van der Waals surface area contributed by atoms with Crippen LogP contribution in [0.15, 0.2) is 99.5 Å². The van der Waals surface area contributed by atoms with E-state index in [1.54, 1.807) is 42.5 Å². The van der Waals surface area contributed by atoms with E-state index in [1.807, 2.05) is 18.2 Å². The SMILES string of the molecule is COc1cc(C2C3=CCC4C(=O)N(c5ccc(N6CCOCC6)cc5)C(=O)C4C3CC3C(=O)N(Nc4ccc(F)cc4)C(=O)C32c2ccc(Cl)cc2)c(Br)c(Br)c1O. The number of halogens is 4. The molecule has 4 fully saturated rings. The summed E-state index contributed by atoms with van der Waals surface area (Å²) in [6, 6.07) is 21.1. The van der Waals surface area contributed by atoms with Crippen LogP contribution in [0.3, 0.4) is 0 Å². The number of carbonyl (C=O) groups is 4. The van der Waals surface area contributed by atoms with E-state index in [0.29, 0.717) is 50.8 Å². The van der Waals surface area contributed by atoms with Crippen LogP contribution in [-0.2, 0) is 29.3 Å². The fraction of sp³-hybridized carbons (Fsp3) is 0.302. The van der Waals surface area contributed by atoms with Crippen LogP contribution >= 0.6 is 43.5 Å². The summed E-state index contributed by atoms with van der Waals surface area (Å²) >= 11 is 13.6. The Balaban J connectivity index is 1.20. The summed E-state index contributed by atoms with van der Waals surface area (Å²) in [5, 5.41) is 12.5. The molecule has 0 radical (unpaired) electrons. The zero-order valence-electron chi connectivity index (χ0n) is 31.0. The molecule has 3 aliphatic heterocycles. The number of morpholine rings is 1. The molecule has 298 valence electrons. The van der Waals surface area contributed by atoms with Gasteiger partial charge in [0.15, 0.2) is 11.5 Å². The monoisotopic (exact) mass is 932 g/mol. The molecule has 4 aromatic rings. The number of fused-ring (bicyclic) bond motifs is 4. The third-order valence-corrected chi connectivity index (χ3v) is 14.9. The number of phenols is 1. The second kappa shape index (κ2) is 14.8. The minimum atomic E-state index is -1.63. The van der Waals surface area contributed by atoms with E-state index in [1.165, 1.54) is 36.3 Å². The summed E-state index contributed by atoms with van der Waals surface area (Å²) in [6.07, 6.45) is 2.23. The first-order valence-electron chi connectivity index (χ1n) is 18.9. The van der Waals surface area contributed by atoms with Crippen molar-refractivity contribution < 1.29 is 38.1 Å². The second-order valence-electron chi connectivity index (χ2n) is 15.1. The molecule has 15 heteroatoms. The van der Waals surface area contributed by atoms with Crippen molar-refractivity contribution in [1.82, 2.24) is 5.01 Å². The van der Waals surface area contributed by atoms with Gasteiger partial charge in [-0.2, -0.15) is 5.01 Å². The lowest BCUT2D eigenvalue weighted by Gasteiger charge is -2.51. The average Bonchev–Trinajstić information content (AvgIpc) is 3.62. The van der Waals surface area contributed by atoms with Gasteiger partial charge in [-0.05, 0) is 128 Å². The lowest BCUT2D eigenvalue weighted by molar-refractivity contribution is -0.138. The van der Waals surface area contributed by atoms with Crippen LogP contribution in [0, 0.1) is 29.5 Å². The van der Waals surface area contributed by atoms with Crippen molar-refractivity contribution in [3.8, 4) is 11.5 Å². The number of methoxy groups -OCH3 is 1. The number of allylic oxidation sites excluding steroid dienone is 2. The van der Waals surface area contributed by atoms with Crippen molar-refractivity contribution in [2.45, 2.75) is 24.2 Å². The smallest absolute Gasteiger partial charge is 0.260 e. The predicted molar refractivity (Wildman–Crippen MR) is 221 cm³/mol. The highest BCUT2D eigenvalue weighted by Crippen LogP contribution is 2.65. The molecule has 0 aromatic heterocycles. The Morgan fingerprint density at radius 3 is 2.22 bits per heavy atom. The molecule has 2 N–H and O–H groups in total. The van der Waals surface area contributed by atoms with Crippen LogP contribution in [0.5, 0.6) is 11.5 Å². The molecule has 9 rings (SSSR count). The molecule has 3 saturated heterocycles. The number of hydrogen-bond donors (Lipinski definition) is 2. The Kier molecular flexibility index (Phi) is 9.89. The number of hydrazine groups is 1. The molecule has 0 bridgehead atoms. The second-order valence-corrected chi connectivity index (χ2v) is 17.2. The van der Waals surface area contributed by atoms with Gasteiger partial charge >= 0.3 is 0 Å². The van der Waals surface area contributed by atoms with Gasteiger partial charge in [0.25, 0.3) is 11.8 Å². The number of imide groups is 2. The van der Waals surface area contributed by atoms with Gasteiger partial charge in [-0.3, -0.25) is 29.5 Å². The fourth-order valence-electron chi connectivity index (χ4n) is 9.87. The zero-order valence-corrected chi connectivity index (χ0v) is 34.9. The quantitative estimate of drug-likeness (QED) is 0.141. The third kappa shape index (κ3) is 5.89. The molecule has 6 atom stereocenters. The van der Waals surface area contributed by atoms with Crippen molar-refractivity contribution in [2.75, 3.05) is 48.6 Å². The zero-order chi connectivity index (χ0) is 40.6. The van der Waals surface area contributed by atoms with E-state index in [2.05, 4.69) is 42.2 Å². The summed E-state index contributed by atoms with van der Waals surface area (Å²) in [4.78, 5) is 63.1. The molecule has 0 spiro atoms. The van der Waals surface area contributed by atoms with Crippen LogP contribution in [0.2, 0.25) is 5.02 Å². The normalized spacial score (nSPS) is 26.7. The van der Waals surface area contributed by atoms with E-state index in [9.17, 15) is 23.9 Å². The van der Waals surface area contributed by atoms with Crippen LogP contribution in [0.1, 0.15) is 29.9 Å². The van der Waals surface area contributed by atoms with Crippen molar-refractivity contribution in [3.63, 3.8) is 0 Å². The van der Waals surface area contributed by atoms with Crippen LogP contribution < -0.4 is 20.0 Å². The summed E-state index contributed by atoms with van der Waals surface area (Å²) in [5.41, 5.74) is 4.78. The van der Waals surface area contributed by atoms with E-state index in [-0.39, 0.29) is 40.6 Å². The third-order valence-electron chi connectivity index (χ3n) is 12.4. The van der Waals surface area contributed by atoms with Gasteiger partial charge in [-0.15, -0.1) is 0 Å². The van der Waals surface area contributed by atoms with Crippen LogP contribution in [0.4, 0.5) is 21.5 Å². The number of amides is 4. The standard InChI is InChI=1S/C43H36Br2ClFN4O7/c1-57-33-21-31(36(44)37(45)38(33)52)35-28-14-15-29-34(41(55)50(39(29)53)27-12-10-26(11-13-27)49-16-18-58-19-17-49)30(28)20-32-40(54)51(48-25-8-6-24(47)7-9-25)42(56)43(32,35)22-2-4-23(46)5-3-22/h2-14,21,29-30,32,34-35,48,52H,15-20H2,1H3. The number of aromatic hydroxyl groups is 1. The summed E-state index contributed by atoms with van der Waals surface area (Å²) in [6.45, 7) is 2.70. The molecule has 3 heterocycles. The van der Waals surface area contributed by atoms with Crippen molar-refractivity contribution >= 4 is 84.2 Å². The number of rotatable bonds is 7. The molecular weight excluding hydrogens is 899 g/mol. The fourth-order valence-corrected chi connectivity index (χ4v) is 10.9. The van der Waals surface area contributed by atoms with E-state index in [4.69, 9.17) is 21.1 Å². The predicted octanol–water partition coefficient (Wildman–Crippen LogP) is 7.74. The lowest BCUT2D eigenvalue weighted by Crippen LogP contribution is -2.53. The first-order chi connectivity index (χ1) is 27.9. The highest BCUT2D eigenvalue weighted by molar-refractivity contribution is 9.13. The van der Waals surface area contributed by atoms with Gasteiger partial charge in [0.1, 0.15) is 5.82 Å². The van der Waals surface area contributed by atoms with Crippen LogP contribution in [0.25, 0.3) is 0 Å². The number of hydrogen-bond acceptors (Lipinski definition) is 9. The number of carbonyl (C=O) groups excluding carboxylic acids is 4. The van der Waals surface area contributed by atoms with Gasteiger partial charge in [0.2, 0.25) is 11.8 Å². The number of ether oxygens (including phenoxy) is 2. The molecule has 1 saturated carbocycles. The number of benzene rings is 4. The topological polar surface area (TPSA) is 129 Å². The molecule has 2 aliphatic carbocycles. The van der Waals surface area contributed by atoms with Gasteiger partial charge in [0, 0.05) is 34.2 Å². The van der Waals surface area contributed by atoms with E-state index in [0.717, 1.165) is 23.8 Å². The van der Waals surface area contributed by atoms with E-state index >= 15 is 4.79 Å². The van der Waals surface area contributed by atoms with Crippen molar-refractivity contribution in [2.24, 2.45) is 23.7 Å².